The summed E-state index contributed by atoms with van der Waals surface area (Å²) in [7, 11) is 0. The van der Waals surface area contributed by atoms with Crippen molar-refractivity contribution >= 4 is 11.6 Å². The predicted molar refractivity (Wildman–Crippen MR) is 64.9 cm³/mol. The second-order valence-electron chi connectivity index (χ2n) is 4.43. The summed E-state index contributed by atoms with van der Waals surface area (Å²) in [5.74, 6) is 0.598. The number of hydrogen-bond donors (Lipinski definition) is 1. The van der Waals surface area contributed by atoms with Crippen LogP contribution in [0.25, 0.3) is 0 Å². The zero-order chi connectivity index (χ0) is 11.8. The first kappa shape index (κ1) is 10.3. The Labute approximate surface area is 99.3 Å². The van der Waals surface area contributed by atoms with Gasteiger partial charge in [0.05, 0.1) is 0 Å². The topological polar surface area (TPSA) is 29.9 Å². The Hall–Kier alpha value is -1.84. The van der Waals surface area contributed by atoms with Crippen molar-refractivity contribution in [3.63, 3.8) is 0 Å². The van der Waals surface area contributed by atoms with Gasteiger partial charge in [-0.2, -0.15) is 0 Å². The van der Waals surface area contributed by atoms with Crippen LogP contribution < -0.4 is 5.32 Å². The van der Waals surface area contributed by atoms with Crippen LogP contribution in [-0.2, 0) is 0 Å². The monoisotopic (exact) mass is 231 g/mol. The van der Waals surface area contributed by atoms with Gasteiger partial charge in [-0.1, -0.05) is 6.07 Å². The van der Waals surface area contributed by atoms with Gasteiger partial charge < -0.3 is 9.88 Å². The van der Waals surface area contributed by atoms with Crippen molar-refractivity contribution in [2.24, 2.45) is 0 Å². The predicted octanol–water partition coefficient (Wildman–Crippen LogP) is 3.41. The second-order valence-corrected chi connectivity index (χ2v) is 4.43. The van der Waals surface area contributed by atoms with Crippen LogP contribution in [0.15, 0.2) is 30.6 Å². The van der Waals surface area contributed by atoms with Gasteiger partial charge in [0.25, 0.3) is 0 Å². The van der Waals surface area contributed by atoms with E-state index in [9.17, 15) is 4.39 Å². The molecular formula is C13H14FN3. The molecule has 3 rings (SSSR count). The standard InChI is InChI=1S/C13H14FN3/c1-9-11(14)3-2-4-12(9)16-13-15-7-8-17(13)10-5-6-10/h2-4,7-8,10H,5-6H2,1H3,(H,15,16). The number of imidazole rings is 1. The lowest BCUT2D eigenvalue weighted by Gasteiger charge is -2.11. The van der Waals surface area contributed by atoms with E-state index in [1.165, 1.54) is 18.9 Å². The molecule has 2 aromatic rings. The molecule has 0 aliphatic heterocycles. The Morgan fingerprint density at radius 3 is 3.00 bits per heavy atom. The van der Waals surface area contributed by atoms with Crippen LogP contribution in [0.5, 0.6) is 0 Å². The fourth-order valence-corrected chi connectivity index (χ4v) is 1.92. The van der Waals surface area contributed by atoms with Gasteiger partial charge in [0.1, 0.15) is 5.82 Å². The number of benzene rings is 1. The SMILES string of the molecule is Cc1c(F)cccc1Nc1nccn1C1CC1. The van der Waals surface area contributed by atoms with E-state index < -0.39 is 0 Å². The van der Waals surface area contributed by atoms with Gasteiger partial charge in [-0.15, -0.1) is 0 Å². The zero-order valence-corrected chi connectivity index (χ0v) is 9.65. The van der Waals surface area contributed by atoms with Crippen molar-refractivity contribution < 1.29 is 4.39 Å². The van der Waals surface area contributed by atoms with E-state index in [4.69, 9.17) is 0 Å². The number of nitrogens with one attached hydrogen (secondary N) is 1. The maximum Gasteiger partial charge on any atom is 0.207 e. The van der Waals surface area contributed by atoms with Gasteiger partial charge in [-0.3, -0.25) is 0 Å². The number of rotatable bonds is 3. The van der Waals surface area contributed by atoms with Crippen molar-refractivity contribution in [3.8, 4) is 0 Å². The molecule has 1 aliphatic rings. The Bertz CT molecular complexity index is 543. The molecule has 1 saturated carbocycles. The van der Waals surface area contributed by atoms with Gasteiger partial charge in [0.15, 0.2) is 0 Å². The van der Waals surface area contributed by atoms with Gasteiger partial charge in [0.2, 0.25) is 5.95 Å². The Morgan fingerprint density at radius 1 is 1.41 bits per heavy atom. The van der Waals surface area contributed by atoms with Gasteiger partial charge in [0, 0.05) is 29.7 Å². The third kappa shape index (κ3) is 1.90. The highest BCUT2D eigenvalue weighted by Gasteiger charge is 2.25. The van der Waals surface area contributed by atoms with Gasteiger partial charge >= 0.3 is 0 Å². The molecule has 0 saturated heterocycles. The highest BCUT2D eigenvalue weighted by Crippen LogP contribution is 2.37. The maximum atomic E-state index is 13.4. The molecule has 88 valence electrons. The summed E-state index contributed by atoms with van der Waals surface area (Å²) in [6.07, 6.45) is 6.14. The van der Waals surface area contributed by atoms with Crippen molar-refractivity contribution in [2.45, 2.75) is 25.8 Å². The number of anilines is 2. The summed E-state index contributed by atoms with van der Waals surface area (Å²) in [6.45, 7) is 1.77. The third-order valence-electron chi connectivity index (χ3n) is 3.12. The minimum absolute atomic E-state index is 0.195. The fraction of sp³-hybridized carbons (Fsp3) is 0.308. The molecule has 0 unspecified atom stereocenters. The first-order valence-corrected chi connectivity index (χ1v) is 5.80. The van der Waals surface area contributed by atoms with Crippen LogP contribution in [0.4, 0.5) is 16.0 Å². The van der Waals surface area contributed by atoms with Gasteiger partial charge in [-0.25, -0.2) is 9.37 Å². The zero-order valence-electron chi connectivity index (χ0n) is 9.65. The average Bonchev–Trinajstić information content (AvgIpc) is 3.06. The molecule has 0 spiro atoms. The van der Waals surface area contributed by atoms with Crippen molar-refractivity contribution in [1.82, 2.24) is 9.55 Å². The normalized spacial score (nSPS) is 14.9. The minimum atomic E-state index is -0.195. The largest absolute Gasteiger partial charge is 0.325 e. The summed E-state index contributed by atoms with van der Waals surface area (Å²) >= 11 is 0. The first-order valence-electron chi connectivity index (χ1n) is 5.80. The highest BCUT2D eigenvalue weighted by molar-refractivity contribution is 5.58. The van der Waals surface area contributed by atoms with Crippen LogP contribution in [-0.4, -0.2) is 9.55 Å². The molecule has 17 heavy (non-hydrogen) atoms. The molecule has 0 radical (unpaired) electrons. The Kier molecular flexibility index (Phi) is 2.35. The molecule has 1 aromatic carbocycles. The number of hydrogen-bond acceptors (Lipinski definition) is 2. The van der Waals surface area contributed by atoms with E-state index in [-0.39, 0.29) is 5.82 Å². The molecule has 4 heteroatoms. The number of aromatic nitrogens is 2. The highest BCUT2D eigenvalue weighted by atomic mass is 19.1. The molecule has 1 aliphatic carbocycles. The molecule has 0 bridgehead atoms. The molecular weight excluding hydrogens is 217 g/mol. The van der Waals surface area contributed by atoms with Crippen LogP contribution >= 0.6 is 0 Å². The number of nitrogens with zero attached hydrogens (tertiary/aromatic N) is 2. The van der Waals surface area contributed by atoms with Crippen LogP contribution in [0.1, 0.15) is 24.4 Å². The van der Waals surface area contributed by atoms with E-state index in [1.807, 2.05) is 12.3 Å². The first-order chi connectivity index (χ1) is 8.25. The third-order valence-corrected chi connectivity index (χ3v) is 3.12. The smallest absolute Gasteiger partial charge is 0.207 e. The Balaban J connectivity index is 1.91. The molecule has 0 amide bonds. The lowest BCUT2D eigenvalue weighted by atomic mass is 10.2. The van der Waals surface area contributed by atoms with E-state index >= 15 is 0 Å². The fourth-order valence-electron chi connectivity index (χ4n) is 1.92. The van der Waals surface area contributed by atoms with E-state index in [0.29, 0.717) is 11.6 Å². The van der Waals surface area contributed by atoms with Crippen LogP contribution in [0.2, 0.25) is 0 Å². The van der Waals surface area contributed by atoms with Crippen molar-refractivity contribution in [1.29, 1.82) is 0 Å². The molecule has 3 nitrogen and oxygen atoms in total. The van der Waals surface area contributed by atoms with Crippen LogP contribution in [0.3, 0.4) is 0 Å². The molecule has 1 fully saturated rings. The molecule has 1 aromatic heterocycles. The van der Waals surface area contributed by atoms with Crippen molar-refractivity contribution in [2.75, 3.05) is 5.32 Å². The lowest BCUT2D eigenvalue weighted by molar-refractivity contribution is 0.619. The van der Waals surface area contributed by atoms with E-state index in [0.717, 1.165) is 11.6 Å². The lowest BCUT2D eigenvalue weighted by Crippen LogP contribution is -2.03. The van der Waals surface area contributed by atoms with E-state index in [2.05, 4.69) is 14.9 Å². The second kappa shape index (κ2) is 3.87. The number of halogens is 1. The van der Waals surface area contributed by atoms with E-state index in [1.54, 1.807) is 19.2 Å². The molecule has 0 atom stereocenters. The summed E-state index contributed by atoms with van der Waals surface area (Å²) in [4.78, 5) is 4.27. The van der Waals surface area contributed by atoms with Gasteiger partial charge in [-0.05, 0) is 31.9 Å². The summed E-state index contributed by atoms with van der Waals surface area (Å²) < 4.78 is 15.5. The minimum Gasteiger partial charge on any atom is -0.325 e. The summed E-state index contributed by atoms with van der Waals surface area (Å²) in [5, 5.41) is 3.19. The molecule has 1 heterocycles. The van der Waals surface area contributed by atoms with Crippen LogP contribution in [0, 0.1) is 12.7 Å². The summed E-state index contributed by atoms with van der Waals surface area (Å²) in [5.41, 5.74) is 1.40. The quantitative estimate of drug-likeness (QED) is 0.877. The maximum absolute atomic E-state index is 13.4. The molecule has 1 N–H and O–H groups in total. The van der Waals surface area contributed by atoms with Crippen molar-refractivity contribution in [3.05, 3.63) is 42.0 Å². The summed E-state index contributed by atoms with van der Waals surface area (Å²) in [6, 6.07) is 5.60. The Morgan fingerprint density at radius 2 is 2.24 bits per heavy atom. The average molecular weight is 231 g/mol.